The number of ether oxygens (including phenoxy) is 1. The zero-order valence-corrected chi connectivity index (χ0v) is 12.9. The number of hydrogen-bond acceptors (Lipinski definition) is 3. The molecule has 1 N–H and O–H groups in total. The number of amides is 1. The number of halogens is 5. The highest BCUT2D eigenvalue weighted by atomic mass is 19.4. The lowest BCUT2D eigenvalue weighted by Crippen LogP contribution is -2.44. The molecule has 1 rings (SSSR count). The molecule has 1 aromatic rings. The van der Waals surface area contributed by atoms with E-state index in [1.165, 1.54) is 6.08 Å². The Morgan fingerprint density at radius 1 is 1.32 bits per heavy atom. The predicted molar refractivity (Wildman–Crippen MR) is 75.8 cm³/mol. The fourth-order valence-electron chi connectivity index (χ4n) is 1.99. The third-order valence-corrected chi connectivity index (χ3v) is 3.18. The van der Waals surface area contributed by atoms with Crippen molar-refractivity contribution in [3.63, 3.8) is 0 Å². The van der Waals surface area contributed by atoms with Crippen LogP contribution in [-0.2, 0) is 22.1 Å². The normalized spacial score (nSPS) is 12.4. The van der Waals surface area contributed by atoms with Crippen LogP contribution in [0.3, 0.4) is 0 Å². The summed E-state index contributed by atoms with van der Waals surface area (Å²) < 4.78 is 69.4. The maximum absolute atomic E-state index is 13.6. The van der Waals surface area contributed by atoms with E-state index < -0.39 is 47.9 Å². The Balaban J connectivity index is 3.09. The summed E-state index contributed by atoms with van der Waals surface area (Å²) in [7, 11) is 1.07. The molecule has 0 heterocycles. The number of benzene rings is 1. The van der Waals surface area contributed by atoms with Crippen molar-refractivity contribution >= 4 is 12.1 Å². The Morgan fingerprint density at radius 3 is 2.24 bits per heavy atom. The summed E-state index contributed by atoms with van der Waals surface area (Å²) in [6.45, 7) is 3.10. The zero-order chi connectivity index (χ0) is 19.4. The minimum atomic E-state index is -5.23. The number of carboxylic acid groups (broad SMARTS) is 1. The summed E-state index contributed by atoms with van der Waals surface area (Å²) in [5.41, 5.74) is -2.43. The molecule has 10 heteroatoms. The Bertz CT molecular complexity index is 651. The van der Waals surface area contributed by atoms with Crippen LogP contribution in [0.4, 0.5) is 26.7 Å². The molecule has 0 aliphatic heterocycles. The van der Waals surface area contributed by atoms with Crippen LogP contribution in [0.5, 0.6) is 0 Å². The van der Waals surface area contributed by atoms with Crippen molar-refractivity contribution in [3.05, 3.63) is 47.5 Å². The maximum Gasteiger partial charge on any atom is 0.422 e. The van der Waals surface area contributed by atoms with E-state index in [1.54, 1.807) is 0 Å². The Kier molecular flexibility index (Phi) is 6.49. The molecule has 0 saturated heterocycles. The highest BCUT2D eigenvalue weighted by Gasteiger charge is 2.38. The molecule has 1 amide bonds. The summed E-state index contributed by atoms with van der Waals surface area (Å²) in [6, 6.07) is -0.844. The van der Waals surface area contributed by atoms with Crippen molar-refractivity contribution in [2.45, 2.75) is 18.6 Å². The van der Waals surface area contributed by atoms with Crippen LogP contribution in [0, 0.1) is 11.6 Å². The van der Waals surface area contributed by atoms with Crippen molar-refractivity contribution in [1.82, 2.24) is 4.90 Å². The molecule has 0 radical (unpaired) electrons. The molecule has 138 valence electrons. The lowest BCUT2D eigenvalue weighted by molar-refractivity contribution is -0.143. The number of alkyl halides is 3. The monoisotopic (exact) mass is 367 g/mol. The molecule has 1 aromatic carbocycles. The van der Waals surface area contributed by atoms with E-state index >= 15 is 0 Å². The molecule has 0 aliphatic carbocycles. The van der Waals surface area contributed by atoms with E-state index in [2.05, 4.69) is 11.3 Å². The average Bonchev–Trinajstić information content (AvgIpc) is 2.47. The van der Waals surface area contributed by atoms with Crippen molar-refractivity contribution in [1.29, 1.82) is 0 Å². The number of likely N-dealkylation sites (N-methyl/N-ethyl adjacent to an activating group) is 1. The summed E-state index contributed by atoms with van der Waals surface area (Å²) in [5, 5.41) is 9.16. The lowest BCUT2D eigenvalue weighted by Gasteiger charge is -2.24. The maximum atomic E-state index is 13.6. The second-order valence-electron chi connectivity index (χ2n) is 4.97. The van der Waals surface area contributed by atoms with Gasteiger partial charge in [0, 0.05) is 13.5 Å². The highest BCUT2D eigenvalue weighted by Crippen LogP contribution is 2.34. The van der Waals surface area contributed by atoms with E-state index in [1.807, 2.05) is 0 Å². The van der Waals surface area contributed by atoms with Crippen LogP contribution in [-0.4, -0.2) is 41.8 Å². The lowest BCUT2D eigenvalue weighted by atomic mass is 10.0. The molecule has 0 spiro atoms. The third kappa shape index (κ3) is 5.16. The van der Waals surface area contributed by atoms with Gasteiger partial charge in [-0.3, -0.25) is 4.90 Å². The van der Waals surface area contributed by atoms with Gasteiger partial charge in [-0.1, -0.05) is 12.7 Å². The van der Waals surface area contributed by atoms with E-state index in [4.69, 9.17) is 5.11 Å². The first-order valence-corrected chi connectivity index (χ1v) is 6.77. The Morgan fingerprint density at radius 2 is 1.84 bits per heavy atom. The van der Waals surface area contributed by atoms with Crippen LogP contribution < -0.4 is 0 Å². The smallest absolute Gasteiger partial charge is 0.422 e. The fraction of sp³-hybridized carbons (Fsp3) is 0.333. The molecule has 0 saturated carbocycles. The molecule has 0 bridgehead atoms. The van der Waals surface area contributed by atoms with Crippen LogP contribution in [0.15, 0.2) is 24.8 Å². The highest BCUT2D eigenvalue weighted by molar-refractivity contribution is 5.80. The molecular formula is C15H14F5NO4. The number of aliphatic carboxylic acids is 1. The van der Waals surface area contributed by atoms with Gasteiger partial charge in [0.25, 0.3) is 0 Å². The molecule has 0 fully saturated rings. The summed E-state index contributed by atoms with van der Waals surface area (Å²) in [6.07, 6.45) is -5.66. The van der Waals surface area contributed by atoms with E-state index in [9.17, 15) is 31.5 Å². The molecule has 1 atom stereocenters. The molecule has 0 aliphatic rings. The minimum Gasteiger partial charge on any atom is -0.480 e. The number of hydrogen-bond donors (Lipinski definition) is 1. The molecular weight excluding hydrogens is 353 g/mol. The van der Waals surface area contributed by atoms with Crippen molar-refractivity contribution in [3.8, 4) is 0 Å². The number of carbonyl (C=O) groups is 2. The molecule has 1 unspecified atom stereocenters. The Labute approximate surface area is 139 Å². The van der Waals surface area contributed by atoms with Crippen molar-refractivity contribution < 1.29 is 41.4 Å². The van der Waals surface area contributed by atoms with Gasteiger partial charge in [-0.25, -0.2) is 18.4 Å². The molecule has 5 nitrogen and oxygen atoms in total. The number of carboxylic acids is 1. The SMILES string of the molecule is C=CCOC(=O)N(C)C(Cc1cc(F)c(C(F)(F)F)c(F)c1)C(=O)O. The standard InChI is InChI=1S/C15H14F5NO4/c1-3-4-25-14(24)21(2)11(13(22)23)7-8-5-9(16)12(10(17)6-8)15(18,19)20/h3,5-6,11H,1,4,7H2,2H3,(H,22,23). The van der Waals surface area contributed by atoms with Gasteiger partial charge in [-0.05, 0) is 17.7 Å². The van der Waals surface area contributed by atoms with Gasteiger partial charge in [-0.15, -0.1) is 0 Å². The summed E-state index contributed by atoms with van der Waals surface area (Å²) >= 11 is 0. The average molecular weight is 367 g/mol. The number of rotatable bonds is 6. The van der Waals surface area contributed by atoms with Gasteiger partial charge in [0.15, 0.2) is 0 Å². The largest absolute Gasteiger partial charge is 0.480 e. The van der Waals surface area contributed by atoms with Gasteiger partial charge in [0.1, 0.15) is 29.8 Å². The van der Waals surface area contributed by atoms with Gasteiger partial charge >= 0.3 is 18.2 Å². The minimum absolute atomic E-state index is 0.195. The van der Waals surface area contributed by atoms with Crippen molar-refractivity contribution in [2.75, 3.05) is 13.7 Å². The summed E-state index contributed by atoms with van der Waals surface area (Å²) in [5.74, 6) is -5.27. The predicted octanol–water partition coefficient (Wildman–Crippen LogP) is 3.23. The van der Waals surface area contributed by atoms with Crippen LogP contribution >= 0.6 is 0 Å². The van der Waals surface area contributed by atoms with Crippen LogP contribution in [0.2, 0.25) is 0 Å². The Hall–Kier alpha value is -2.65. The topological polar surface area (TPSA) is 66.8 Å². The van der Waals surface area contributed by atoms with Crippen molar-refractivity contribution in [2.24, 2.45) is 0 Å². The zero-order valence-electron chi connectivity index (χ0n) is 12.9. The number of carbonyl (C=O) groups excluding carboxylic acids is 1. The second kappa shape index (κ2) is 7.95. The second-order valence-corrected chi connectivity index (χ2v) is 4.97. The molecule has 25 heavy (non-hydrogen) atoms. The van der Waals surface area contributed by atoms with Crippen LogP contribution in [0.25, 0.3) is 0 Å². The van der Waals surface area contributed by atoms with E-state index in [0.29, 0.717) is 17.0 Å². The summed E-state index contributed by atoms with van der Waals surface area (Å²) in [4.78, 5) is 23.6. The first-order valence-electron chi connectivity index (χ1n) is 6.77. The number of nitrogens with zero attached hydrogens (tertiary/aromatic N) is 1. The van der Waals surface area contributed by atoms with Gasteiger partial charge < -0.3 is 9.84 Å². The quantitative estimate of drug-likeness (QED) is 0.619. The van der Waals surface area contributed by atoms with E-state index in [-0.39, 0.29) is 12.2 Å². The van der Waals surface area contributed by atoms with Gasteiger partial charge in [-0.2, -0.15) is 13.2 Å². The van der Waals surface area contributed by atoms with Gasteiger partial charge in [0.05, 0.1) is 0 Å². The van der Waals surface area contributed by atoms with E-state index in [0.717, 1.165) is 7.05 Å². The first-order chi connectivity index (χ1) is 11.5. The fourth-order valence-corrected chi connectivity index (χ4v) is 1.99. The van der Waals surface area contributed by atoms with Gasteiger partial charge in [0.2, 0.25) is 0 Å². The van der Waals surface area contributed by atoms with Crippen LogP contribution in [0.1, 0.15) is 11.1 Å². The first kappa shape index (κ1) is 20.4. The molecule has 0 aromatic heterocycles. The third-order valence-electron chi connectivity index (χ3n) is 3.18.